The molecule has 3 aromatic rings. The van der Waals surface area contributed by atoms with Crippen molar-refractivity contribution in [1.82, 2.24) is 4.90 Å². The maximum atomic E-state index is 12.6. The molecular formula is C22H22N2O4. The summed E-state index contributed by atoms with van der Waals surface area (Å²) in [6, 6.07) is 12.0. The Labute approximate surface area is 162 Å². The number of likely N-dealkylation sites (N-methyl/N-ethyl adjacent to an activating group) is 1. The van der Waals surface area contributed by atoms with E-state index in [-0.39, 0.29) is 23.6 Å². The highest BCUT2D eigenvalue weighted by molar-refractivity contribution is 5.98. The summed E-state index contributed by atoms with van der Waals surface area (Å²) < 4.78 is 5.59. The molecule has 2 amide bonds. The van der Waals surface area contributed by atoms with E-state index in [4.69, 9.17) is 4.42 Å². The second-order valence-corrected chi connectivity index (χ2v) is 6.93. The van der Waals surface area contributed by atoms with E-state index >= 15 is 0 Å². The van der Waals surface area contributed by atoms with Crippen molar-refractivity contribution in [2.45, 2.75) is 20.8 Å². The lowest BCUT2D eigenvalue weighted by atomic mass is 10.1. The lowest BCUT2D eigenvalue weighted by molar-refractivity contribution is -0.116. The minimum absolute atomic E-state index is 0.0941. The van der Waals surface area contributed by atoms with Crippen LogP contribution in [0, 0.1) is 20.8 Å². The number of hydrogen-bond donors (Lipinski definition) is 1. The number of fused-ring (bicyclic) bond motifs is 1. The molecule has 3 rings (SSSR count). The molecule has 0 saturated heterocycles. The zero-order chi connectivity index (χ0) is 20.4. The van der Waals surface area contributed by atoms with E-state index in [1.165, 1.54) is 18.0 Å². The molecule has 0 aliphatic carbocycles. The van der Waals surface area contributed by atoms with Gasteiger partial charge < -0.3 is 14.6 Å². The molecule has 1 aromatic heterocycles. The normalized spacial score (nSPS) is 10.7. The van der Waals surface area contributed by atoms with Crippen LogP contribution < -0.4 is 10.7 Å². The molecule has 2 aromatic carbocycles. The number of carbonyl (C=O) groups is 2. The molecule has 6 heteroatoms. The number of amides is 2. The third kappa shape index (κ3) is 3.96. The van der Waals surface area contributed by atoms with Gasteiger partial charge in [-0.25, -0.2) is 0 Å². The maximum absolute atomic E-state index is 12.6. The Morgan fingerprint density at radius 3 is 2.57 bits per heavy atom. The van der Waals surface area contributed by atoms with E-state index in [1.807, 2.05) is 39.0 Å². The predicted octanol–water partition coefficient (Wildman–Crippen LogP) is 3.43. The van der Waals surface area contributed by atoms with Gasteiger partial charge in [-0.15, -0.1) is 0 Å². The molecule has 0 saturated carbocycles. The lowest BCUT2D eigenvalue weighted by Gasteiger charge is -2.17. The zero-order valence-corrected chi connectivity index (χ0v) is 16.3. The number of rotatable bonds is 4. The Morgan fingerprint density at radius 2 is 1.82 bits per heavy atom. The lowest BCUT2D eigenvalue weighted by Crippen LogP contribution is -2.35. The molecule has 0 radical (unpaired) electrons. The van der Waals surface area contributed by atoms with Gasteiger partial charge in [0.25, 0.3) is 5.91 Å². The van der Waals surface area contributed by atoms with Crippen molar-refractivity contribution in [2.75, 3.05) is 18.9 Å². The van der Waals surface area contributed by atoms with Crippen LogP contribution in [-0.4, -0.2) is 30.3 Å². The van der Waals surface area contributed by atoms with Gasteiger partial charge >= 0.3 is 0 Å². The fraction of sp³-hybridized carbons (Fsp3) is 0.227. The van der Waals surface area contributed by atoms with Crippen molar-refractivity contribution in [2.24, 2.45) is 0 Å². The van der Waals surface area contributed by atoms with Gasteiger partial charge in [0, 0.05) is 18.8 Å². The van der Waals surface area contributed by atoms with Gasteiger partial charge in [0.2, 0.25) is 5.91 Å². The highest BCUT2D eigenvalue weighted by Crippen LogP contribution is 2.18. The van der Waals surface area contributed by atoms with Gasteiger partial charge in [0.1, 0.15) is 5.58 Å². The smallest absolute Gasteiger partial charge is 0.289 e. The standard InChI is InChI=1S/C22H22N2O4/c1-13-8-9-19-16(10-13)18(25)11-20(28-19)22(27)24(4)12-21(26)23-17-7-5-6-14(2)15(17)3/h5-11H,12H2,1-4H3,(H,23,26). The zero-order valence-electron chi connectivity index (χ0n) is 16.3. The summed E-state index contributed by atoms with van der Waals surface area (Å²) >= 11 is 0. The van der Waals surface area contributed by atoms with E-state index in [0.29, 0.717) is 16.7 Å². The van der Waals surface area contributed by atoms with Gasteiger partial charge in [0.05, 0.1) is 11.9 Å². The van der Waals surface area contributed by atoms with Crippen LogP contribution >= 0.6 is 0 Å². The SMILES string of the molecule is Cc1ccc2oc(C(=O)N(C)CC(=O)Nc3cccc(C)c3C)cc(=O)c2c1. The molecule has 1 N–H and O–H groups in total. The van der Waals surface area contributed by atoms with E-state index in [0.717, 1.165) is 16.7 Å². The Hall–Kier alpha value is -3.41. The van der Waals surface area contributed by atoms with E-state index in [2.05, 4.69) is 5.32 Å². The van der Waals surface area contributed by atoms with Gasteiger partial charge in [-0.3, -0.25) is 14.4 Å². The summed E-state index contributed by atoms with van der Waals surface area (Å²) in [6.07, 6.45) is 0. The molecular weight excluding hydrogens is 356 g/mol. The third-order valence-electron chi connectivity index (χ3n) is 4.70. The molecule has 0 atom stereocenters. The maximum Gasteiger partial charge on any atom is 0.289 e. The molecule has 0 spiro atoms. The van der Waals surface area contributed by atoms with Crippen LogP contribution in [0.1, 0.15) is 27.2 Å². The van der Waals surface area contributed by atoms with Gasteiger partial charge in [-0.2, -0.15) is 0 Å². The summed E-state index contributed by atoms with van der Waals surface area (Å²) in [5, 5.41) is 3.23. The van der Waals surface area contributed by atoms with Crippen molar-refractivity contribution in [3.63, 3.8) is 0 Å². The minimum atomic E-state index is -0.532. The van der Waals surface area contributed by atoms with Crippen LogP contribution in [0.2, 0.25) is 0 Å². The Morgan fingerprint density at radius 1 is 1.07 bits per heavy atom. The monoisotopic (exact) mass is 378 g/mol. The Bertz CT molecular complexity index is 1130. The molecule has 1 heterocycles. The fourth-order valence-electron chi connectivity index (χ4n) is 2.93. The van der Waals surface area contributed by atoms with Gasteiger partial charge in [-0.05, 0) is 50.1 Å². The van der Waals surface area contributed by atoms with Crippen LogP contribution in [0.3, 0.4) is 0 Å². The largest absolute Gasteiger partial charge is 0.451 e. The van der Waals surface area contributed by atoms with Crippen LogP contribution in [0.25, 0.3) is 11.0 Å². The number of aryl methyl sites for hydroxylation is 2. The Kier molecular flexibility index (Phi) is 5.31. The van der Waals surface area contributed by atoms with Crippen molar-refractivity contribution in [3.8, 4) is 0 Å². The molecule has 0 unspecified atom stereocenters. The first kappa shape index (κ1) is 19.4. The highest BCUT2D eigenvalue weighted by Gasteiger charge is 2.19. The van der Waals surface area contributed by atoms with E-state index < -0.39 is 5.91 Å². The van der Waals surface area contributed by atoms with Crippen LogP contribution in [0.15, 0.2) is 51.7 Å². The quantitative estimate of drug-likeness (QED) is 0.754. The molecule has 0 aliphatic heterocycles. The van der Waals surface area contributed by atoms with Crippen LogP contribution in [0.4, 0.5) is 5.69 Å². The first-order valence-electron chi connectivity index (χ1n) is 8.92. The van der Waals surface area contributed by atoms with Gasteiger partial charge in [-0.1, -0.05) is 23.8 Å². The summed E-state index contributed by atoms with van der Waals surface area (Å²) in [5.74, 6) is -0.956. The third-order valence-corrected chi connectivity index (χ3v) is 4.70. The molecule has 144 valence electrons. The van der Waals surface area contributed by atoms with E-state index in [9.17, 15) is 14.4 Å². The summed E-state index contributed by atoms with van der Waals surface area (Å²) in [4.78, 5) is 38.5. The van der Waals surface area contributed by atoms with Crippen molar-refractivity contribution in [1.29, 1.82) is 0 Å². The number of anilines is 1. The topological polar surface area (TPSA) is 79.6 Å². The van der Waals surface area contributed by atoms with Crippen molar-refractivity contribution >= 4 is 28.5 Å². The molecule has 28 heavy (non-hydrogen) atoms. The summed E-state index contributed by atoms with van der Waals surface area (Å²) in [6.45, 7) is 5.59. The van der Waals surface area contributed by atoms with Gasteiger partial charge in [0.15, 0.2) is 11.2 Å². The molecule has 0 bridgehead atoms. The van der Waals surface area contributed by atoms with Crippen molar-refractivity contribution < 1.29 is 14.0 Å². The average Bonchev–Trinajstić information content (AvgIpc) is 2.65. The summed E-state index contributed by atoms with van der Waals surface area (Å²) in [5.41, 5.74) is 3.73. The molecule has 0 aliphatic rings. The fourth-order valence-corrected chi connectivity index (χ4v) is 2.93. The number of nitrogens with one attached hydrogen (secondary N) is 1. The minimum Gasteiger partial charge on any atom is -0.451 e. The number of hydrogen-bond acceptors (Lipinski definition) is 4. The molecule has 6 nitrogen and oxygen atoms in total. The molecule has 0 fully saturated rings. The van der Waals surface area contributed by atoms with Crippen LogP contribution in [0.5, 0.6) is 0 Å². The first-order valence-corrected chi connectivity index (χ1v) is 8.92. The Balaban J connectivity index is 1.76. The average molecular weight is 378 g/mol. The highest BCUT2D eigenvalue weighted by atomic mass is 16.3. The second-order valence-electron chi connectivity index (χ2n) is 6.93. The number of carbonyl (C=O) groups excluding carboxylic acids is 2. The summed E-state index contributed by atoms with van der Waals surface area (Å²) in [7, 11) is 1.49. The van der Waals surface area contributed by atoms with E-state index in [1.54, 1.807) is 18.2 Å². The van der Waals surface area contributed by atoms with Crippen molar-refractivity contribution in [3.05, 3.63) is 75.1 Å². The second kappa shape index (κ2) is 7.68. The number of nitrogens with zero attached hydrogens (tertiary/aromatic N) is 1. The predicted molar refractivity (Wildman–Crippen MR) is 109 cm³/mol. The van der Waals surface area contributed by atoms with Crippen LogP contribution in [-0.2, 0) is 4.79 Å². The first-order chi connectivity index (χ1) is 13.3. The number of benzene rings is 2.